The minimum Gasteiger partial charge on any atom is -0.493 e. The van der Waals surface area contributed by atoms with Crippen LogP contribution in [0, 0.1) is 0 Å². The number of carbonyl (C=O) groups is 4. The third-order valence-corrected chi connectivity index (χ3v) is 4.45. The van der Waals surface area contributed by atoms with Gasteiger partial charge in [0.05, 0.1) is 19.1 Å². The summed E-state index contributed by atoms with van der Waals surface area (Å²) in [6, 6.07) is 4.78. The number of aliphatic carboxylic acids is 1. The van der Waals surface area contributed by atoms with Gasteiger partial charge in [0.1, 0.15) is 6.54 Å². The van der Waals surface area contributed by atoms with Gasteiger partial charge in [-0.05, 0) is 30.8 Å². The van der Waals surface area contributed by atoms with Crippen molar-refractivity contribution in [2.75, 3.05) is 20.8 Å². The lowest BCUT2D eigenvalue weighted by Crippen LogP contribution is -2.34. The lowest BCUT2D eigenvalue weighted by atomic mass is 10.1. The van der Waals surface area contributed by atoms with E-state index in [0.29, 0.717) is 17.3 Å². The van der Waals surface area contributed by atoms with Crippen LogP contribution in [-0.4, -0.2) is 60.0 Å². The molecule has 0 aliphatic carbocycles. The molecule has 0 radical (unpaired) electrons. The number of benzene rings is 1. The second kappa shape index (κ2) is 8.58. The monoisotopic (exact) mass is 395 g/mol. The fourth-order valence-corrected chi connectivity index (χ4v) is 2.96. The minimum absolute atomic E-state index is 0.0602. The molecule has 1 unspecified atom stereocenters. The van der Waals surface area contributed by atoms with E-state index in [4.69, 9.17) is 14.6 Å². The predicted octanol–water partition coefficient (Wildman–Crippen LogP) is 1.76. The Kier molecular flexibility index (Phi) is 6.45. The molecule has 2 rings (SSSR count). The molecule has 1 saturated heterocycles. The van der Waals surface area contributed by atoms with E-state index >= 15 is 0 Å². The molecule has 144 valence electrons. The van der Waals surface area contributed by atoms with Crippen LogP contribution < -0.4 is 9.47 Å². The fourth-order valence-electron chi connectivity index (χ4n) is 2.13. The van der Waals surface area contributed by atoms with E-state index in [2.05, 4.69) is 4.74 Å². The van der Waals surface area contributed by atoms with E-state index < -0.39 is 35.7 Å². The Morgan fingerprint density at radius 2 is 2.00 bits per heavy atom. The molecule has 1 atom stereocenters. The lowest BCUT2D eigenvalue weighted by Gasteiger charge is -2.16. The molecule has 1 aliphatic heterocycles. The Morgan fingerprint density at radius 3 is 2.59 bits per heavy atom. The smallest absolute Gasteiger partial charge is 0.344 e. The third-order valence-electron chi connectivity index (χ3n) is 3.55. The molecule has 2 amide bonds. The van der Waals surface area contributed by atoms with Gasteiger partial charge < -0.3 is 19.3 Å². The number of amides is 2. The Balaban J connectivity index is 2.38. The van der Waals surface area contributed by atoms with E-state index in [1.807, 2.05) is 0 Å². The number of thioether (sulfide) groups is 1. The quantitative estimate of drug-likeness (QED) is 0.544. The van der Waals surface area contributed by atoms with E-state index in [-0.39, 0.29) is 16.4 Å². The molecule has 1 aromatic carbocycles. The first-order valence-electron chi connectivity index (χ1n) is 7.67. The van der Waals surface area contributed by atoms with Crippen LogP contribution in [-0.2, 0) is 19.1 Å². The van der Waals surface area contributed by atoms with Crippen molar-refractivity contribution in [1.29, 1.82) is 0 Å². The number of para-hydroxylation sites is 1. The highest BCUT2D eigenvalue weighted by atomic mass is 32.2. The van der Waals surface area contributed by atoms with Crippen LogP contribution in [0.25, 0.3) is 6.08 Å². The second-order valence-electron chi connectivity index (χ2n) is 5.32. The zero-order valence-electron chi connectivity index (χ0n) is 14.8. The van der Waals surface area contributed by atoms with Crippen molar-refractivity contribution in [3.8, 4) is 11.5 Å². The molecule has 0 bridgehead atoms. The second-order valence-corrected chi connectivity index (χ2v) is 6.31. The molecule has 10 heteroatoms. The van der Waals surface area contributed by atoms with Crippen molar-refractivity contribution >= 4 is 40.9 Å². The summed E-state index contributed by atoms with van der Waals surface area (Å²) in [5.74, 6) is -2.17. The maximum Gasteiger partial charge on any atom is 0.344 e. The van der Waals surface area contributed by atoms with Crippen molar-refractivity contribution < 1.29 is 38.5 Å². The van der Waals surface area contributed by atoms with Gasteiger partial charge in [-0.2, -0.15) is 0 Å². The summed E-state index contributed by atoms with van der Waals surface area (Å²) in [7, 11) is 2.54. The molecule has 0 spiro atoms. The van der Waals surface area contributed by atoms with Gasteiger partial charge in [0.15, 0.2) is 17.6 Å². The number of imide groups is 1. The average molecular weight is 395 g/mol. The van der Waals surface area contributed by atoms with Gasteiger partial charge in [0.2, 0.25) is 0 Å². The Morgan fingerprint density at radius 1 is 1.30 bits per heavy atom. The van der Waals surface area contributed by atoms with Gasteiger partial charge in [-0.1, -0.05) is 12.1 Å². The minimum atomic E-state index is -1.18. The Hall–Kier alpha value is -3.01. The maximum absolute atomic E-state index is 12.4. The fraction of sp³-hybridized carbons (Fsp3) is 0.294. The molecular weight excluding hydrogens is 378 g/mol. The van der Waals surface area contributed by atoms with Crippen molar-refractivity contribution in [1.82, 2.24) is 4.90 Å². The van der Waals surface area contributed by atoms with Crippen LogP contribution in [0.15, 0.2) is 23.1 Å². The molecule has 1 aromatic rings. The molecule has 0 saturated carbocycles. The summed E-state index contributed by atoms with van der Waals surface area (Å²) in [4.78, 5) is 47.7. The molecule has 9 nitrogen and oxygen atoms in total. The predicted molar refractivity (Wildman–Crippen MR) is 95.4 cm³/mol. The molecule has 1 aliphatic rings. The number of carboxylic acid groups (broad SMARTS) is 1. The number of hydrogen-bond donors (Lipinski definition) is 1. The van der Waals surface area contributed by atoms with Gasteiger partial charge in [0, 0.05) is 5.56 Å². The number of esters is 1. The Labute approximate surface area is 158 Å². The van der Waals surface area contributed by atoms with Crippen molar-refractivity contribution in [3.63, 3.8) is 0 Å². The van der Waals surface area contributed by atoms with Crippen molar-refractivity contribution in [2.45, 2.75) is 13.0 Å². The van der Waals surface area contributed by atoms with E-state index in [1.165, 1.54) is 20.1 Å². The number of carbonyl (C=O) groups excluding carboxylic acids is 3. The third kappa shape index (κ3) is 4.59. The molecule has 1 fully saturated rings. The number of rotatable bonds is 7. The zero-order chi connectivity index (χ0) is 20.1. The standard InChI is InChI=1S/C17H17NO8S/c1-9(16(21)22)26-14-10(5-4-6-11(14)24-2)7-12-15(20)18(17(23)27-12)8-13(19)25-3/h4-7,9H,8H2,1-3H3,(H,21,22). The number of nitrogens with zero attached hydrogens (tertiary/aromatic N) is 1. The van der Waals surface area contributed by atoms with E-state index in [0.717, 1.165) is 12.0 Å². The molecular formula is C17H17NO8S. The lowest BCUT2D eigenvalue weighted by molar-refractivity contribution is -0.144. The van der Waals surface area contributed by atoms with Crippen LogP contribution >= 0.6 is 11.8 Å². The summed E-state index contributed by atoms with van der Waals surface area (Å²) in [6.45, 7) is 0.860. The van der Waals surface area contributed by atoms with Crippen LogP contribution in [0.3, 0.4) is 0 Å². The normalized spacial score (nSPS) is 16.4. The number of methoxy groups -OCH3 is 2. The van der Waals surface area contributed by atoms with Gasteiger partial charge in [-0.3, -0.25) is 19.3 Å². The number of ether oxygens (including phenoxy) is 3. The molecule has 1 N–H and O–H groups in total. The highest BCUT2D eigenvalue weighted by Gasteiger charge is 2.36. The summed E-state index contributed by atoms with van der Waals surface area (Å²) in [5, 5.41) is 8.46. The Bertz CT molecular complexity index is 819. The molecule has 27 heavy (non-hydrogen) atoms. The summed E-state index contributed by atoms with van der Waals surface area (Å²) in [6.07, 6.45) is 0.219. The number of carboxylic acids is 1. The zero-order valence-corrected chi connectivity index (χ0v) is 15.6. The van der Waals surface area contributed by atoms with E-state index in [9.17, 15) is 19.2 Å². The van der Waals surface area contributed by atoms with Crippen LogP contribution in [0.2, 0.25) is 0 Å². The highest BCUT2D eigenvalue weighted by molar-refractivity contribution is 8.18. The summed E-state index contributed by atoms with van der Waals surface area (Å²) < 4.78 is 15.1. The van der Waals surface area contributed by atoms with Crippen molar-refractivity contribution in [3.05, 3.63) is 28.7 Å². The van der Waals surface area contributed by atoms with Crippen LogP contribution in [0.4, 0.5) is 4.79 Å². The maximum atomic E-state index is 12.4. The van der Waals surface area contributed by atoms with Gasteiger partial charge in [0.25, 0.3) is 11.1 Å². The van der Waals surface area contributed by atoms with E-state index in [1.54, 1.807) is 18.2 Å². The molecule has 0 aromatic heterocycles. The first-order chi connectivity index (χ1) is 12.8. The van der Waals surface area contributed by atoms with Gasteiger partial charge in [-0.15, -0.1) is 0 Å². The largest absolute Gasteiger partial charge is 0.493 e. The van der Waals surface area contributed by atoms with Crippen LogP contribution in [0.1, 0.15) is 12.5 Å². The summed E-state index contributed by atoms with van der Waals surface area (Å²) in [5.41, 5.74) is 0.353. The first-order valence-corrected chi connectivity index (χ1v) is 8.48. The van der Waals surface area contributed by atoms with Crippen molar-refractivity contribution in [2.24, 2.45) is 0 Å². The van der Waals surface area contributed by atoms with Gasteiger partial charge >= 0.3 is 11.9 Å². The van der Waals surface area contributed by atoms with Gasteiger partial charge in [-0.25, -0.2) is 4.79 Å². The first kappa shape index (κ1) is 20.3. The highest BCUT2D eigenvalue weighted by Crippen LogP contribution is 2.37. The topological polar surface area (TPSA) is 119 Å². The summed E-state index contributed by atoms with van der Waals surface area (Å²) >= 11 is 0.655. The number of hydrogen-bond acceptors (Lipinski definition) is 8. The van der Waals surface area contributed by atoms with Crippen LogP contribution in [0.5, 0.6) is 11.5 Å². The average Bonchev–Trinajstić information content (AvgIpc) is 2.90. The molecule has 1 heterocycles. The SMILES string of the molecule is COC(=O)CN1C(=O)SC(=Cc2cccc(OC)c2OC(C)C(=O)O)C1=O.